The van der Waals surface area contributed by atoms with Crippen molar-refractivity contribution in [2.24, 2.45) is 5.92 Å². The maximum absolute atomic E-state index is 12.1. The van der Waals surface area contributed by atoms with E-state index >= 15 is 0 Å². The maximum Gasteiger partial charge on any atom is 0.246 e. The highest BCUT2D eigenvalue weighted by atomic mass is 16.5. The second kappa shape index (κ2) is 29.6. The van der Waals surface area contributed by atoms with Gasteiger partial charge in [-0.15, -0.1) is 0 Å². The lowest BCUT2D eigenvalue weighted by Gasteiger charge is -2.15. The second-order valence-corrected chi connectivity index (χ2v) is 12.5. The van der Waals surface area contributed by atoms with Gasteiger partial charge in [-0.05, 0) is 50.9 Å². The van der Waals surface area contributed by atoms with Gasteiger partial charge in [0.15, 0.2) is 0 Å². The van der Waals surface area contributed by atoms with Crippen LogP contribution in [0.3, 0.4) is 0 Å². The number of unbranched alkanes of at least 4 members (excludes halogenated alkanes) is 12. The third-order valence-electron chi connectivity index (χ3n) is 7.76. The van der Waals surface area contributed by atoms with Crippen molar-refractivity contribution in [1.82, 2.24) is 26.2 Å². The summed E-state index contributed by atoms with van der Waals surface area (Å²) in [6.07, 6.45) is 15.9. The van der Waals surface area contributed by atoms with E-state index in [0.717, 1.165) is 36.7 Å². The molecule has 46 heavy (non-hydrogen) atoms. The number of rotatable bonds is 30. The van der Waals surface area contributed by atoms with Gasteiger partial charge in [0.1, 0.15) is 0 Å². The lowest BCUT2D eigenvalue weighted by Crippen LogP contribution is -2.31. The molecule has 0 saturated carbocycles. The van der Waals surface area contributed by atoms with Crippen LogP contribution in [0.4, 0.5) is 0 Å². The average Bonchev–Trinajstić information content (AvgIpc) is 3.03. The van der Waals surface area contributed by atoms with Gasteiger partial charge in [0.05, 0.1) is 0 Å². The lowest BCUT2D eigenvalue weighted by molar-refractivity contribution is -0.166. The summed E-state index contributed by atoms with van der Waals surface area (Å²) in [5, 5.41) is 35.1. The van der Waals surface area contributed by atoms with E-state index in [1.54, 1.807) is 0 Å². The molecule has 0 bridgehead atoms. The van der Waals surface area contributed by atoms with Crippen molar-refractivity contribution in [2.45, 2.75) is 149 Å². The van der Waals surface area contributed by atoms with Gasteiger partial charge in [0.2, 0.25) is 29.5 Å². The van der Waals surface area contributed by atoms with Gasteiger partial charge in [-0.25, -0.2) is 15.6 Å². The minimum absolute atomic E-state index is 0.0250. The predicted molar refractivity (Wildman–Crippen MR) is 175 cm³/mol. The normalized spacial score (nSPS) is 10.9. The Morgan fingerprint density at radius 3 is 1.37 bits per heavy atom. The molecule has 0 aliphatic carbocycles. The highest BCUT2D eigenvalue weighted by Crippen LogP contribution is 2.14. The summed E-state index contributed by atoms with van der Waals surface area (Å²) < 4.78 is 0. The first-order chi connectivity index (χ1) is 22.1. The Morgan fingerprint density at radius 1 is 0.500 bits per heavy atom. The first-order valence-electron chi connectivity index (χ1n) is 17.5. The number of hydroxylamine groups is 5. The van der Waals surface area contributed by atoms with Gasteiger partial charge in [-0.2, -0.15) is 0 Å². The molecule has 6 N–H and O–H groups in total. The van der Waals surface area contributed by atoms with Crippen molar-refractivity contribution in [1.29, 1.82) is 0 Å². The monoisotopic (exact) mass is 657 g/mol. The van der Waals surface area contributed by atoms with E-state index < -0.39 is 11.8 Å². The van der Waals surface area contributed by atoms with Crippen LogP contribution in [0.5, 0.6) is 0 Å². The van der Waals surface area contributed by atoms with Crippen molar-refractivity contribution in [3.05, 3.63) is 0 Å². The van der Waals surface area contributed by atoms with Crippen LogP contribution in [-0.2, 0) is 24.0 Å². The SMILES string of the molecule is CC(C)CCCCCCCCCCCC(=O)N(O)CCCCCNC(=O)CCC(=O)N(O)CCCCCNC(=O)CCC(=O)NO. The van der Waals surface area contributed by atoms with Crippen molar-refractivity contribution >= 4 is 29.5 Å². The Balaban J connectivity index is 3.66. The number of carbonyl (C=O) groups is 5. The van der Waals surface area contributed by atoms with E-state index in [-0.39, 0.29) is 56.5 Å². The van der Waals surface area contributed by atoms with E-state index in [2.05, 4.69) is 24.5 Å². The molecule has 0 rings (SSSR count). The van der Waals surface area contributed by atoms with Gasteiger partial charge in [-0.3, -0.25) is 39.6 Å². The topological polar surface area (TPSA) is 189 Å². The third kappa shape index (κ3) is 27.5. The molecule has 0 aliphatic heterocycles. The first-order valence-corrected chi connectivity index (χ1v) is 17.5. The highest BCUT2D eigenvalue weighted by molar-refractivity contribution is 5.83. The van der Waals surface area contributed by atoms with Crippen LogP contribution in [0.15, 0.2) is 0 Å². The lowest BCUT2D eigenvalue weighted by atomic mass is 10.0. The van der Waals surface area contributed by atoms with Crippen LogP contribution in [0, 0.1) is 5.92 Å². The molecular weight excluding hydrogens is 594 g/mol. The summed E-state index contributed by atoms with van der Waals surface area (Å²) in [7, 11) is 0. The molecule has 268 valence electrons. The fraction of sp³-hybridized carbons (Fsp3) is 0.848. The number of nitrogens with one attached hydrogen (secondary N) is 3. The molecular formula is C33H63N5O8. The molecule has 5 amide bonds. The van der Waals surface area contributed by atoms with Gasteiger partial charge in [0, 0.05) is 58.3 Å². The molecule has 0 heterocycles. The van der Waals surface area contributed by atoms with Gasteiger partial charge >= 0.3 is 0 Å². The highest BCUT2D eigenvalue weighted by Gasteiger charge is 2.13. The molecule has 0 unspecified atom stereocenters. The quantitative estimate of drug-likeness (QED) is 0.0353. The number of nitrogens with zero attached hydrogens (tertiary/aromatic N) is 2. The molecule has 0 aliphatic rings. The van der Waals surface area contributed by atoms with Crippen LogP contribution in [0.2, 0.25) is 0 Å². The second-order valence-electron chi connectivity index (χ2n) is 12.5. The molecule has 0 aromatic rings. The smallest absolute Gasteiger partial charge is 0.246 e. The van der Waals surface area contributed by atoms with Crippen LogP contribution in [0.25, 0.3) is 0 Å². The van der Waals surface area contributed by atoms with Crippen LogP contribution in [0.1, 0.15) is 149 Å². The molecule has 13 heteroatoms. The number of hydrogen-bond acceptors (Lipinski definition) is 8. The van der Waals surface area contributed by atoms with Gasteiger partial charge in [0.25, 0.3) is 0 Å². The minimum atomic E-state index is -0.629. The molecule has 0 saturated heterocycles. The van der Waals surface area contributed by atoms with E-state index in [4.69, 9.17) is 5.21 Å². The first kappa shape index (κ1) is 43.2. The molecule has 13 nitrogen and oxygen atoms in total. The van der Waals surface area contributed by atoms with Gasteiger partial charge < -0.3 is 10.6 Å². The third-order valence-corrected chi connectivity index (χ3v) is 7.76. The Hall–Kier alpha value is -2.77. The molecule has 0 atom stereocenters. The Kier molecular flexibility index (Phi) is 27.8. The zero-order valence-corrected chi connectivity index (χ0v) is 28.5. The predicted octanol–water partition coefficient (Wildman–Crippen LogP) is 5.01. The summed E-state index contributed by atoms with van der Waals surface area (Å²) in [5.74, 6) is -1.20. The van der Waals surface area contributed by atoms with Crippen molar-refractivity contribution in [3.8, 4) is 0 Å². The van der Waals surface area contributed by atoms with Gasteiger partial charge in [-0.1, -0.05) is 71.6 Å². The van der Waals surface area contributed by atoms with E-state index in [1.807, 2.05) is 0 Å². The molecule has 0 radical (unpaired) electrons. The summed E-state index contributed by atoms with van der Waals surface area (Å²) >= 11 is 0. The fourth-order valence-electron chi connectivity index (χ4n) is 4.84. The largest absolute Gasteiger partial charge is 0.356 e. The number of carbonyl (C=O) groups excluding carboxylic acids is 5. The van der Waals surface area contributed by atoms with Crippen molar-refractivity contribution in [3.63, 3.8) is 0 Å². The van der Waals surface area contributed by atoms with Crippen LogP contribution in [-0.4, -0.2) is 81.5 Å². The Morgan fingerprint density at radius 2 is 0.891 bits per heavy atom. The fourth-order valence-corrected chi connectivity index (χ4v) is 4.84. The van der Waals surface area contributed by atoms with Crippen molar-refractivity contribution < 1.29 is 39.6 Å². The summed E-state index contributed by atoms with van der Waals surface area (Å²) in [6, 6.07) is 0. The Bertz CT molecular complexity index is 843. The maximum atomic E-state index is 12.1. The van der Waals surface area contributed by atoms with E-state index in [0.29, 0.717) is 56.7 Å². The Labute approximate surface area is 276 Å². The molecule has 0 aromatic heterocycles. The zero-order valence-electron chi connectivity index (χ0n) is 28.5. The summed E-state index contributed by atoms with van der Waals surface area (Å²) in [6.45, 7) is 5.76. The average molecular weight is 658 g/mol. The van der Waals surface area contributed by atoms with Crippen LogP contribution >= 0.6 is 0 Å². The summed E-state index contributed by atoms with van der Waals surface area (Å²) in [5.41, 5.74) is 1.46. The standard InChI is InChI=1S/C33H63N5O8/c1-28(2)18-12-8-6-4-3-5-7-9-13-19-32(42)37(45)26-16-10-15-25-35-30(40)22-23-33(43)38(46)27-17-11-14-24-34-29(39)20-21-31(41)36-44/h28,44-46H,3-27H2,1-2H3,(H,34,39)(H,35,40)(H,36,41). The molecule has 0 fully saturated rings. The summed E-state index contributed by atoms with van der Waals surface area (Å²) in [4.78, 5) is 58.6. The van der Waals surface area contributed by atoms with Crippen LogP contribution < -0.4 is 16.1 Å². The number of amides is 5. The minimum Gasteiger partial charge on any atom is -0.356 e. The van der Waals surface area contributed by atoms with Crippen molar-refractivity contribution in [2.75, 3.05) is 26.2 Å². The number of hydrogen-bond donors (Lipinski definition) is 6. The zero-order chi connectivity index (χ0) is 34.4. The van der Waals surface area contributed by atoms with E-state index in [9.17, 15) is 34.4 Å². The molecule has 0 aromatic carbocycles. The van der Waals surface area contributed by atoms with E-state index in [1.165, 1.54) is 50.4 Å². The molecule has 0 spiro atoms.